The SMILES string of the molecule is COc1ccc(C2C3=CCC4C(=O)N(c5ccc(Nc6ccccc6)cc5)C(=O)C4C3CC3C(=O)N(Nc4ncc(C(F)(F)F)cc4Cl)C(=O)C32c2ccc(Cl)cc2)cc1O. The van der Waals surface area contributed by atoms with Gasteiger partial charge >= 0.3 is 6.18 Å². The van der Waals surface area contributed by atoms with E-state index in [4.69, 9.17) is 27.9 Å². The number of carbonyl (C=O) groups is 4. The number of hydrazine groups is 1. The van der Waals surface area contributed by atoms with E-state index in [0.29, 0.717) is 44.7 Å². The molecule has 1 aromatic heterocycles. The van der Waals surface area contributed by atoms with Gasteiger partial charge in [-0.15, -0.1) is 0 Å². The first-order valence-electron chi connectivity index (χ1n) is 19.2. The van der Waals surface area contributed by atoms with Crippen LogP contribution in [0.25, 0.3) is 0 Å². The van der Waals surface area contributed by atoms with Crippen LogP contribution in [-0.4, -0.2) is 45.8 Å². The summed E-state index contributed by atoms with van der Waals surface area (Å²) >= 11 is 12.6. The number of nitrogens with zero attached hydrogens (tertiary/aromatic N) is 3. The first-order valence-corrected chi connectivity index (χ1v) is 20.0. The number of benzene rings is 4. The van der Waals surface area contributed by atoms with Gasteiger partial charge in [0.2, 0.25) is 11.8 Å². The number of ether oxygens (including phenoxy) is 1. The molecule has 3 N–H and O–H groups in total. The van der Waals surface area contributed by atoms with E-state index in [2.05, 4.69) is 15.7 Å². The maximum Gasteiger partial charge on any atom is 0.417 e. The van der Waals surface area contributed by atoms with Crippen molar-refractivity contribution in [1.82, 2.24) is 9.99 Å². The summed E-state index contributed by atoms with van der Waals surface area (Å²) in [4.78, 5) is 64.4. The van der Waals surface area contributed by atoms with Crippen molar-refractivity contribution >= 4 is 69.7 Å². The lowest BCUT2D eigenvalue weighted by atomic mass is 9.49. The fraction of sp³-hybridized carbons (Fsp3) is 0.222. The van der Waals surface area contributed by atoms with Gasteiger partial charge in [-0.25, -0.2) is 4.98 Å². The zero-order chi connectivity index (χ0) is 43.0. The number of aromatic nitrogens is 1. The van der Waals surface area contributed by atoms with E-state index >= 15 is 4.79 Å². The molecule has 6 atom stereocenters. The molecule has 4 aliphatic rings. The fourth-order valence-corrected chi connectivity index (χ4v) is 10.0. The molecule has 2 saturated heterocycles. The molecular weight excluding hydrogens is 834 g/mol. The van der Waals surface area contributed by atoms with E-state index in [-0.39, 0.29) is 30.2 Å². The Morgan fingerprint density at radius 1 is 0.852 bits per heavy atom. The lowest BCUT2D eigenvalue weighted by Gasteiger charge is -2.50. The minimum Gasteiger partial charge on any atom is -0.504 e. The molecule has 2 aliphatic heterocycles. The van der Waals surface area contributed by atoms with Gasteiger partial charge in [-0.3, -0.25) is 29.5 Å². The monoisotopic (exact) mass is 867 g/mol. The molecule has 1 saturated carbocycles. The lowest BCUT2D eigenvalue weighted by molar-refractivity contribution is -0.139. The largest absolute Gasteiger partial charge is 0.504 e. The number of halogens is 5. The summed E-state index contributed by atoms with van der Waals surface area (Å²) in [5.74, 6) is -7.63. The molecule has 11 nitrogen and oxygen atoms in total. The van der Waals surface area contributed by atoms with Gasteiger partial charge in [-0.05, 0) is 96.6 Å². The van der Waals surface area contributed by atoms with Crippen molar-refractivity contribution in [2.45, 2.75) is 30.4 Å². The number of pyridine rings is 1. The van der Waals surface area contributed by atoms with E-state index in [1.54, 1.807) is 54.6 Å². The summed E-state index contributed by atoms with van der Waals surface area (Å²) in [6, 6.07) is 28.0. The molecule has 2 aliphatic carbocycles. The maximum atomic E-state index is 15.4. The molecule has 6 unspecified atom stereocenters. The number of allylic oxidation sites excluding steroid dienone is 2. The van der Waals surface area contributed by atoms with Gasteiger partial charge in [0.05, 0.1) is 46.6 Å². The number of para-hydroxylation sites is 1. The van der Waals surface area contributed by atoms with E-state index in [1.807, 2.05) is 36.4 Å². The van der Waals surface area contributed by atoms with Gasteiger partial charge in [-0.2, -0.15) is 18.2 Å². The number of anilines is 4. The van der Waals surface area contributed by atoms with Crippen LogP contribution in [0.3, 0.4) is 0 Å². The summed E-state index contributed by atoms with van der Waals surface area (Å²) in [5, 5.41) is 15.0. The number of methoxy groups -OCH3 is 1. The van der Waals surface area contributed by atoms with Gasteiger partial charge in [0.1, 0.15) is 0 Å². The lowest BCUT2D eigenvalue weighted by Crippen LogP contribution is -2.53. The Kier molecular flexibility index (Phi) is 9.82. The predicted octanol–water partition coefficient (Wildman–Crippen LogP) is 9.05. The number of phenolic OH excluding ortho intramolecular Hbond substituents is 1. The molecule has 4 aromatic carbocycles. The number of imide groups is 2. The number of fused-ring (bicyclic) bond motifs is 4. The summed E-state index contributed by atoms with van der Waals surface area (Å²) < 4.78 is 46.0. The number of hydrogen-bond acceptors (Lipinski definition) is 9. The number of amides is 4. The van der Waals surface area contributed by atoms with E-state index < -0.39 is 75.4 Å². The van der Waals surface area contributed by atoms with Crippen molar-refractivity contribution in [1.29, 1.82) is 0 Å². The molecule has 0 spiro atoms. The highest BCUT2D eigenvalue weighted by Gasteiger charge is 2.70. The smallest absolute Gasteiger partial charge is 0.417 e. The molecule has 310 valence electrons. The second kappa shape index (κ2) is 15.0. The van der Waals surface area contributed by atoms with Crippen LogP contribution >= 0.6 is 23.2 Å². The van der Waals surface area contributed by atoms with Crippen LogP contribution in [0.5, 0.6) is 11.5 Å². The minimum atomic E-state index is -4.77. The van der Waals surface area contributed by atoms with Crippen molar-refractivity contribution < 1.29 is 42.2 Å². The molecule has 0 bridgehead atoms. The third-order valence-electron chi connectivity index (χ3n) is 12.3. The van der Waals surface area contributed by atoms with Gasteiger partial charge in [0, 0.05) is 28.5 Å². The number of carbonyl (C=O) groups excluding carboxylic acids is 4. The molecule has 61 heavy (non-hydrogen) atoms. The summed E-state index contributed by atoms with van der Waals surface area (Å²) in [6.45, 7) is 0. The molecule has 5 aromatic rings. The quantitative estimate of drug-likeness (QED) is 0.103. The molecule has 3 fully saturated rings. The van der Waals surface area contributed by atoms with Crippen molar-refractivity contribution in [3.05, 3.63) is 148 Å². The van der Waals surface area contributed by atoms with Crippen molar-refractivity contribution in [2.75, 3.05) is 22.8 Å². The maximum absolute atomic E-state index is 15.4. The molecule has 16 heteroatoms. The van der Waals surface area contributed by atoms with Crippen LogP contribution in [0.1, 0.15) is 35.4 Å². The number of nitrogens with one attached hydrogen (secondary N) is 2. The number of aromatic hydroxyl groups is 1. The second-order valence-corrected chi connectivity index (χ2v) is 16.2. The average molecular weight is 869 g/mol. The Hall–Kier alpha value is -6.38. The molecule has 9 rings (SSSR count). The van der Waals surface area contributed by atoms with Crippen LogP contribution < -0.4 is 20.4 Å². The van der Waals surface area contributed by atoms with Gasteiger partial charge in [0.25, 0.3) is 11.8 Å². The van der Waals surface area contributed by atoms with Crippen LogP contribution in [0.15, 0.2) is 121 Å². The van der Waals surface area contributed by atoms with Crippen molar-refractivity contribution in [2.24, 2.45) is 23.7 Å². The highest BCUT2D eigenvalue weighted by molar-refractivity contribution is 6.33. The number of hydrogen-bond donors (Lipinski definition) is 3. The molecule has 0 radical (unpaired) electrons. The fourth-order valence-electron chi connectivity index (χ4n) is 9.68. The van der Waals surface area contributed by atoms with E-state index in [1.165, 1.54) is 24.1 Å². The zero-order valence-electron chi connectivity index (χ0n) is 32.0. The summed E-state index contributed by atoms with van der Waals surface area (Å²) in [6.07, 6.45) is -2.31. The first kappa shape index (κ1) is 40.0. The first-order chi connectivity index (χ1) is 29.2. The number of alkyl halides is 3. The van der Waals surface area contributed by atoms with Crippen LogP contribution in [-0.2, 0) is 30.8 Å². The Morgan fingerprint density at radius 3 is 2.21 bits per heavy atom. The average Bonchev–Trinajstić information content (AvgIpc) is 3.62. The highest BCUT2D eigenvalue weighted by atomic mass is 35.5. The number of rotatable bonds is 8. The van der Waals surface area contributed by atoms with Gasteiger partial charge in [0.15, 0.2) is 17.3 Å². The number of phenols is 1. The minimum absolute atomic E-state index is 0.0714. The summed E-state index contributed by atoms with van der Waals surface area (Å²) in [5.41, 5.74) is 3.04. The third-order valence-corrected chi connectivity index (χ3v) is 12.8. The summed E-state index contributed by atoms with van der Waals surface area (Å²) in [7, 11) is 1.38. The standard InChI is InChI=1S/C45H34Cl2F3N5O6/c1-61-36-18-7-23(19-35(36)56)38-30-16-17-31-37(42(59)54(40(31)57)29-14-12-28(13-15-29)52-27-5-3-2-4-6-27)32(30)21-33-41(58)55(43(60)44(33,38)24-8-10-26(46)11-9-24)53-39-34(47)20-25(22-51-39)45(48,49)50/h2-16,18-20,22,31-33,37-38,52,56H,17,21H2,1H3,(H,51,53). The topological polar surface area (TPSA) is 141 Å². The normalized spacial score (nSPS) is 24.6. The predicted molar refractivity (Wildman–Crippen MR) is 220 cm³/mol. The Bertz CT molecular complexity index is 2650. The van der Waals surface area contributed by atoms with E-state index in [0.717, 1.165) is 11.4 Å². The highest BCUT2D eigenvalue weighted by Crippen LogP contribution is 2.64. The van der Waals surface area contributed by atoms with E-state index in [9.17, 15) is 32.7 Å². The van der Waals surface area contributed by atoms with Crippen LogP contribution in [0.4, 0.5) is 36.1 Å². The Balaban J connectivity index is 1.16. The van der Waals surface area contributed by atoms with Crippen LogP contribution in [0.2, 0.25) is 10.0 Å². The Morgan fingerprint density at radius 2 is 1.56 bits per heavy atom. The third kappa shape index (κ3) is 6.47. The van der Waals surface area contributed by atoms with Crippen molar-refractivity contribution in [3.63, 3.8) is 0 Å². The van der Waals surface area contributed by atoms with Crippen molar-refractivity contribution in [3.8, 4) is 11.5 Å². The van der Waals surface area contributed by atoms with Crippen LogP contribution in [0, 0.1) is 23.7 Å². The Labute approximate surface area is 356 Å². The molecule has 4 amide bonds. The molecular formula is C45H34Cl2F3N5O6. The zero-order valence-corrected chi connectivity index (χ0v) is 33.5. The molecule has 3 heterocycles. The van der Waals surface area contributed by atoms with Gasteiger partial charge < -0.3 is 15.2 Å². The van der Waals surface area contributed by atoms with Gasteiger partial charge in [-0.1, -0.05) is 71.2 Å². The second-order valence-electron chi connectivity index (χ2n) is 15.4.